The molecular weight excluding hydrogens is 398 g/mol. The lowest BCUT2D eigenvalue weighted by molar-refractivity contribution is -0.116. The van der Waals surface area contributed by atoms with Crippen molar-refractivity contribution in [1.82, 2.24) is 16.2 Å². The van der Waals surface area contributed by atoms with Crippen molar-refractivity contribution >= 4 is 40.9 Å². The number of hydrazine groups is 1. The number of hydrogen-bond donors (Lipinski definition) is 3. The first-order chi connectivity index (χ1) is 13.4. The van der Waals surface area contributed by atoms with E-state index in [1.165, 1.54) is 18.9 Å². The summed E-state index contributed by atoms with van der Waals surface area (Å²) in [5.41, 5.74) is 6.08. The first-order valence-electron chi connectivity index (χ1n) is 9.57. The molecule has 0 spiro atoms. The van der Waals surface area contributed by atoms with Gasteiger partial charge in [0.1, 0.15) is 13.2 Å². The minimum Gasteiger partial charge on any atom is -0.486 e. The van der Waals surface area contributed by atoms with E-state index < -0.39 is 0 Å². The van der Waals surface area contributed by atoms with E-state index in [4.69, 9.17) is 33.3 Å². The van der Waals surface area contributed by atoms with Crippen molar-refractivity contribution < 1.29 is 14.3 Å². The molecule has 1 aliphatic carbocycles. The van der Waals surface area contributed by atoms with Gasteiger partial charge in [-0.1, -0.05) is 38.3 Å². The van der Waals surface area contributed by atoms with Crippen LogP contribution in [-0.4, -0.2) is 30.3 Å². The third kappa shape index (κ3) is 5.29. The predicted molar refractivity (Wildman–Crippen MR) is 114 cm³/mol. The third-order valence-electron chi connectivity index (χ3n) is 5.37. The molecule has 1 heterocycles. The lowest BCUT2D eigenvalue weighted by Crippen LogP contribution is -2.52. The highest BCUT2D eigenvalue weighted by atomic mass is 35.5. The average Bonchev–Trinajstić information content (AvgIpc) is 2.68. The van der Waals surface area contributed by atoms with Gasteiger partial charge in [0.25, 0.3) is 5.91 Å². The Bertz CT molecular complexity index is 771. The molecule has 1 aliphatic heterocycles. The predicted octanol–water partition coefficient (Wildman–Crippen LogP) is 3.44. The van der Waals surface area contributed by atoms with Gasteiger partial charge in [-0.15, -0.1) is 0 Å². The summed E-state index contributed by atoms with van der Waals surface area (Å²) in [5, 5.41) is 4.18. The molecule has 0 saturated heterocycles. The van der Waals surface area contributed by atoms with Crippen LogP contribution in [0.2, 0.25) is 5.02 Å². The number of carbonyl (C=O) groups is 1. The molecule has 1 amide bonds. The lowest BCUT2D eigenvalue weighted by Gasteiger charge is -2.35. The fourth-order valence-electron chi connectivity index (χ4n) is 3.55. The third-order valence-corrected chi connectivity index (χ3v) is 5.87. The van der Waals surface area contributed by atoms with Gasteiger partial charge < -0.3 is 14.8 Å². The number of halogens is 1. The SMILES string of the molecule is C[C@@H]1[C@H](C)CCC[C@@H]1NC(=S)NNC(=O)/C=C/c1cc(Cl)c2c(c1)OCCO2. The van der Waals surface area contributed by atoms with Crippen LogP contribution in [0.1, 0.15) is 38.7 Å². The molecule has 0 bridgehead atoms. The second-order valence-electron chi connectivity index (χ2n) is 7.32. The molecule has 1 aromatic carbocycles. The molecule has 28 heavy (non-hydrogen) atoms. The summed E-state index contributed by atoms with van der Waals surface area (Å²) < 4.78 is 11.0. The van der Waals surface area contributed by atoms with Crippen LogP contribution in [0.3, 0.4) is 0 Å². The standard InChI is InChI=1S/C20H26ClN3O3S/c1-12-4-3-5-16(13(12)2)22-20(28)24-23-18(25)7-6-14-10-15(21)19-17(11-14)26-8-9-27-19/h6-7,10-13,16H,3-5,8-9H2,1-2H3,(H,23,25)(H2,22,24,28)/b7-6+/t12-,13-,16+/m1/s1. The zero-order valence-electron chi connectivity index (χ0n) is 16.1. The highest BCUT2D eigenvalue weighted by Gasteiger charge is 2.27. The van der Waals surface area contributed by atoms with Crippen molar-refractivity contribution in [3.63, 3.8) is 0 Å². The molecule has 0 radical (unpaired) electrons. The number of amides is 1. The first-order valence-corrected chi connectivity index (χ1v) is 10.4. The molecule has 2 aliphatic rings. The van der Waals surface area contributed by atoms with Crippen LogP contribution in [0.25, 0.3) is 6.08 Å². The molecule has 3 N–H and O–H groups in total. The Balaban J connectivity index is 1.49. The van der Waals surface area contributed by atoms with Gasteiger partial charge in [-0.3, -0.25) is 15.6 Å². The zero-order chi connectivity index (χ0) is 20.1. The number of benzene rings is 1. The van der Waals surface area contributed by atoms with Crippen LogP contribution < -0.4 is 25.6 Å². The van der Waals surface area contributed by atoms with Crippen molar-refractivity contribution in [3.8, 4) is 11.5 Å². The Labute approximate surface area is 176 Å². The Morgan fingerprint density at radius 3 is 2.82 bits per heavy atom. The fourth-order valence-corrected chi connectivity index (χ4v) is 4.03. The molecule has 0 aromatic heterocycles. The van der Waals surface area contributed by atoms with Gasteiger partial charge in [-0.05, 0) is 54.2 Å². The normalized spacial score (nSPS) is 23.9. The maximum atomic E-state index is 12.1. The molecule has 1 saturated carbocycles. The fraction of sp³-hybridized carbons (Fsp3) is 0.500. The molecule has 3 atom stereocenters. The molecule has 6 nitrogen and oxygen atoms in total. The highest BCUT2D eigenvalue weighted by molar-refractivity contribution is 7.80. The number of ether oxygens (including phenoxy) is 2. The second kappa shape index (κ2) is 9.47. The lowest BCUT2D eigenvalue weighted by atomic mass is 9.78. The monoisotopic (exact) mass is 423 g/mol. The number of rotatable bonds is 3. The minimum atomic E-state index is -0.319. The van der Waals surface area contributed by atoms with Crippen LogP contribution in [-0.2, 0) is 4.79 Å². The van der Waals surface area contributed by atoms with Crippen molar-refractivity contribution in [1.29, 1.82) is 0 Å². The van der Waals surface area contributed by atoms with Crippen molar-refractivity contribution in [2.24, 2.45) is 11.8 Å². The topological polar surface area (TPSA) is 71.6 Å². The number of carbonyl (C=O) groups excluding carboxylic acids is 1. The maximum Gasteiger partial charge on any atom is 0.262 e. The summed E-state index contributed by atoms with van der Waals surface area (Å²) in [4.78, 5) is 12.1. The van der Waals surface area contributed by atoms with Gasteiger partial charge in [-0.25, -0.2) is 0 Å². The average molecular weight is 424 g/mol. The van der Waals surface area contributed by atoms with E-state index in [0.717, 1.165) is 12.0 Å². The molecule has 0 unspecified atom stereocenters. The van der Waals surface area contributed by atoms with Crippen molar-refractivity contribution in [3.05, 3.63) is 28.8 Å². The smallest absolute Gasteiger partial charge is 0.262 e. The van der Waals surface area contributed by atoms with Gasteiger partial charge in [-0.2, -0.15) is 0 Å². The van der Waals surface area contributed by atoms with Crippen LogP contribution in [0.4, 0.5) is 0 Å². The zero-order valence-corrected chi connectivity index (χ0v) is 17.7. The number of hydrogen-bond acceptors (Lipinski definition) is 4. The van der Waals surface area contributed by atoms with Crippen LogP contribution in [0.15, 0.2) is 18.2 Å². The Morgan fingerprint density at radius 2 is 2.00 bits per heavy atom. The Morgan fingerprint density at radius 1 is 1.21 bits per heavy atom. The molecule has 152 valence electrons. The summed E-state index contributed by atoms with van der Waals surface area (Å²) in [6.07, 6.45) is 6.60. The van der Waals surface area contributed by atoms with Crippen LogP contribution in [0.5, 0.6) is 11.5 Å². The molecular formula is C20H26ClN3O3S. The maximum absolute atomic E-state index is 12.1. The highest BCUT2D eigenvalue weighted by Crippen LogP contribution is 2.38. The number of nitrogens with one attached hydrogen (secondary N) is 3. The van der Waals surface area contributed by atoms with Gasteiger partial charge >= 0.3 is 0 Å². The van der Waals surface area contributed by atoms with E-state index in [1.807, 2.05) is 0 Å². The number of thiocarbonyl (C=S) groups is 1. The Hall–Kier alpha value is -1.99. The molecule has 1 fully saturated rings. The van der Waals surface area contributed by atoms with E-state index in [1.54, 1.807) is 18.2 Å². The van der Waals surface area contributed by atoms with E-state index in [0.29, 0.717) is 52.7 Å². The first kappa shape index (κ1) is 20.7. The van der Waals surface area contributed by atoms with E-state index in [2.05, 4.69) is 30.0 Å². The summed E-state index contributed by atoms with van der Waals surface area (Å²) in [7, 11) is 0. The number of fused-ring (bicyclic) bond motifs is 1. The summed E-state index contributed by atoms with van der Waals surface area (Å²) >= 11 is 11.5. The van der Waals surface area contributed by atoms with Crippen LogP contribution in [0, 0.1) is 11.8 Å². The molecule has 3 rings (SSSR count). The van der Waals surface area contributed by atoms with Gasteiger partial charge in [0.2, 0.25) is 0 Å². The molecule has 1 aromatic rings. The van der Waals surface area contributed by atoms with Gasteiger partial charge in [0.05, 0.1) is 5.02 Å². The van der Waals surface area contributed by atoms with Gasteiger partial charge in [0.15, 0.2) is 16.6 Å². The Kier molecular flexibility index (Phi) is 7.02. The quantitative estimate of drug-likeness (QED) is 0.393. The second-order valence-corrected chi connectivity index (χ2v) is 8.14. The summed E-state index contributed by atoms with van der Waals surface area (Å²) in [5.74, 6) is 2.02. The molecule has 8 heteroatoms. The van der Waals surface area contributed by atoms with E-state index in [9.17, 15) is 4.79 Å². The van der Waals surface area contributed by atoms with Crippen molar-refractivity contribution in [2.45, 2.75) is 39.2 Å². The van der Waals surface area contributed by atoms with Crippen molar-refractivity contribution in [2.75, 3.05) is 13.2 Å². The van der Waals surface area contributed by atoms with E-state index >= 15 is 0 Å². The van der Waals surface area contributed by atoms with Gasteiger partial charge in [0, 0.05) is 12.1 Å². The summed E-state index contributed by atoms with van der Waals surface area (Å²) in [6, 6.07) is 3.84. The van der Waals surface area contributed by atoms with E-state index in [-0.39, 0.29) is 5.91 Å². The van der Waals surface area contributed by atoms with Crippen LogP contribution >= 0.6 is 23.8 Å². The summed E-state index contributed by atoms with van der Waals surface area (Å²) in [6.45, 7) is 5.46. The largest absolute Gasteiger partial charge is 0.486 e. The minimum absolute atomic E-state index is 0.319.